The molecule has 4 heteroatoms. The Labute approximate surface area is 81.7 Å². The number of carbonyl (C=O) groups is 1. The molecule has 3 nitrogen and oxygen atoms in total. The quantitative estimate of drug-likeness (QED) is 0.741. The molecule has 1 aromatic rings. The second kappa shape index (κ2) is 4.72. The molecule has 0 atom stereocenters. The van der Waals surface area contributed by atoms with Crippen LogP contribution in [0.1, 0.15) is 17.3 Å². The summed E-state index contributed by atoms with van der Waals surface area (Å²) in [5.41, 5.74) is 5.54. The largest absolute Gasteiger partial charge is 0.489 e. The number of carbonyl (C=O) groups excluding carboxylic acids is 1. The summed E-state index contributed by atoms with van der Waals surface area (Å²) in [5, 5.41) is 0. The van der Waals surface area contributed by atoms with Gasteiger partial charge >= 0.3 is 0 Å². The van der Waals surface area contributed by atoms with Crippen molar-refractivity contribution in [2.45, 2.75) is 6.92 Å². The second-order valence-corrected chi connectivity index (χ2v) is 2.84. The van der Waals surface area contributed by atoms with E-state index in [9.17, 15) is 9.18 Å². The first kappa shape index (κ1) is 10.7. The third kappa shape index (κ3) is 2.53. The number of ether oxygens (including phenoxy) is 1. The predicted molar refractivity (Wildman–Crippen MR) is 51.0 cm³/mol. The molecule has 0 bridgehead atoms. The van der Waals surface area contributed by atoms with Gasteiger partial charge in [0.1, 0.15) is 6.61 Å². The van der Waals surface area contributed by atoms with E-state index in [2.05, 4.69) is 0 Å². The van der Waals surface area contributed by atoms with Crippen molar-refractivity contribution in [2.24, 2.45) is 5.73 Å². The standard InChI is InChI=1S/C10H12FNO2/c1-7(13)8-2-3-10(9(11)6-8)14-5-4-12/h2-3,6H,4-5,12H2,1H3. The number of hydrogen-bond acceptors (Lipinski definition) is 3. The van der Waals surface area contributed by atoms with Crippen molar-refractivity contribution in [1.82, 2.24) is 0 Å². The lowest BCUT2D eigenvalue weighted by Gasteiger charge is -2.06. The minimum Gasteiger partial charge on any atom is -0.489 e. The van der Waals surface area contributed by atoms with Crippen LogP contribution in [0.25, 0.3) is 0 Å². The summed E-state index contributed by atoms with van der Waals surface area (Å²) in [6, 6.07) is 4.12. The van der Waals surface area contributed by atoms with Crippen LogP contribution in [0.3, 0.4) is 0 Å². The zero-order valence-electron chi connectivity index (χ0n) is 7.92. The second-order valence-electron chi connectivity index (χ2n) is 2.84. The van der Waals surface area contributed by atoms with Crippen LogP contribution < -0.4 is 10.5 Å². The molecule has 2 N–H and O–H groups in total. The van der Waals surface area contributed by atoms with Gasteiger partial charge in [-0.05, 0) is 25.1 Å². The minimum absolute atomic E-state index is 0.125. The molecule has 0 aromatic heterocycles. The number of benzene rings is 1. The van der Waals surface area contributed by atoms with Crippen LogP contribution in [0, 0.1) is 5.82 Å². The van der Waals surface area contributed by atoms with Gasteiger partial charge in [-0.3, -0.25) is 4.79 Å². The Hall–Kier alpha value is -1.42. The zero-order chi connectivity index (χ0) is 10.6. The molecule has 0 aliphatic heterocycles. The Bertz CT molecular complexity index is 339. The van der Waals surface area contributed by atoms with E-state index in [0.717, 1.165) is 6.07 Å². The van der Waals surface area contributed by atoms with Gasteiger partial charge < -0.3 is 10.5 Å². The Balaban J connectivity index is 2.84. The van der Waals surface area contributed by atoms with Crippen LogP contribution in [0.4, 0.5) is 4.39 Å². The maximum absolute atomic E-state index is 13.2. The molecule has 0 heterocycles. The van der Waals surface area contributed by atoms with Gasteiger partial charge in [-0.15, -0.1) is 0 Å². The van der Waals surface area contributed by atoms with Crippen LogP contribution in [-0.4, -0.2) is 18.9 Å². The number of nitrogens with two attached hydrogens (primary N) is 1. The predicted octanol–water partition coefficient (Wildman–Crippen LogP) is 1.37. The summed E-state index contributed by atoms with van der Waals surface area (Å²) in [6.45, 7) is 1.97. The lowest BCUT2D eigenvalue weighted by molar-refractivity contribution is 0.101. The van der Waals surface area contributed by atoms with Crippen LogP contribution in [0.2, 0.25) is 0 Å². The number of rotatable bonds is 4. The van der Waals surface area contributed by atoms with E-state index < -0.39 is 5.82 Å². The first-order chi connectivity index (χ1) is 6.65. The molecule has 0 aliphatic rings. The van der Waals surface area contributed by atoms with Crippen molar-refractivity contribution >= 4 is 5.78 Å². The van der Waals surface area contributed by atoms with Gasteiger partial charge in [-0.25, -0.2) is 4.39 Å². The molecule has 0 aliphatic carbocycles. The maximum Gasteiger partial charge on any atom is 0.165 e. The highest BCUT2D eigenvalue weighted by molar-refractivity contribution is 5.94. The molecule has 0 fully saturated rings. The van der Waals surface area contributed by atoms with E-state index in [1.165, 1.54) is 19.1 Å². The third-order valence-corrected chi connectivity index (χ3v) is 1.71. The van der Waals surface area contributed by atoms with E-state index in [1.807, 2.05) is 0 Å². The normalized spacial score (nSPS) is 9.93. The van der Waals surface area contributed by atoms with E-state index in [1.54, 1.807) is 0 Å². The summed E-state index contributed by atoms with van der Waals surface area (Å²) >= 11 is 0. The maximum atomic E-state index is 13.2. The SMILES string of the molecule is CC(=O)c1ccc(OCCN)c(F)c1. The summed E-state index contributed by atoms with van der Waals surface area (Å²) in [6.07, 6.45) is 0. The third-order valence-electron chi connectivity index (χ3n) is 1.71. The van der Waals surface area contributed by atoms with Crippen molar-refractivity contribution in [2.75, 3.05) is 13.2 Å². The summed E-state index contributed by atoms with van der Waals surface area (Å²) in [7, 11) is 0. The Kier molecular flexibility index (Phi) is 3.59. The highest BCUT2D eigenvalue weighted by atomic mass is 19.1. The molecule has 0 unspecified atom stereocenters. The fraction of sp³-hybridized carbons (Fsp3) is 0.300. The van der Waals surface area contributed by atoms with Gasteiger partial charge in [0, 0.05) is 12.1 Å². The molecule has 0 saturated heterocycles. The van der Waals surface area contributed by atoms with Gasteiger partial charge in [-0.2, -0.15) is 0 Å². The summed E-state index contributed by atoms with van der Waals surface area (Å²) in [5.74, 6) is -0.583. The van der Waals surface area contributed by atoms with Crippen LogP contribution in [0.5, 0.6) is 5.75 Å². The van der Waals surface area contributed by atoms with Gasteiger partial charge in [0.2, 0.25) is 0 Å². The monoisotopic (exact) mass is 197 g/mol. The molecule has 0 spiro atoms. The van der Waals surface area contributed by atoms with Crippen molar-refractivity contribution in [1.29, 1.82) is 0 Å². The topological polar surface area (TPSA) is 52.3 Å². The van der Waals surface area contributed by atoms with Gasteiger partial charge in [-0.1, -0.05) is 0 Å². The lowest BCUT2D eigenvalue weighted by atomic mass is 10.1. The van der Waals surface area contributed by atoms with Crippen molar-refractivity contribution in [3.63, 3.8) is 0 Å². The molecule has 14 heavy (non-hydrogen) atoms. The van der Waals surface area contributed by atoms with E-state index in [0.29, 0.717) is 12.1 Å². The molecule has 0 amide bonds. The molecule has 0 saturated carbocycles. The summed E-state index contributed by atoms with van der Waals surface area (Å²) in [4.78, 5) is 10.9. The van der Waals surface area contributed by atoms with Crippen LogP contribution in [0.15, 0.2) is 18.2 Å². The van der Waals surface area contributed by atoms with Crippen molar-refractivity contribution in [3.05, 3.63) is 29.6 Å². The molecule has 1 rings (SSSR count). The highest BCUT2D eigenvalue weighted by Crippen LogP contribution is 2.18. The average Bonchev–Trinajstić information content (AvgIpc) is 2.15. The Morgan fingerprint density at radius 1 is 1.57 bits per heavy atom. The molecule has 1 aromatic carbocycles. The smallest absolute Gasteiger partial charge is 0.165 e. The van der Waals surface area contributed by atoms with Gasteiger partial charge in [0.15, 0.2) is 17.3 Å². The number of hydrogen-bond donors (Lipinski definition) is 1. The fourth-order valence-electron chi connectivity index (χ4n) is 1.01. The Morgan fingerprint density at radius 2 is 2.29 bits per heavy atom. The number of ketones is 1. The molecule has 76 valence electrons. The van der Waals surface area contributed by atoms with Crippen LogP contribution >= 0.6 is 0 Å². The molecular weight excluding hydrogens is 185 g/mol. The first-order valence-corrected chi connectivity index (χ1v) is 4.28. The van der Waals surface area contributed by atoms with E-state index in [4.69, 9.17) is 10.5 Å². The zero-order valence-corrected chi connectivity index (χ0v) is 7.92. The van der Waals surface area contributed by atoms with Crippen LogP contribution in [-0.2, 0) is 0 Å². The molecular formula is C10H12FNO2. The Morgan fingerprint density at radius 3 is 2.79 bits per heavy atom. The molecule has 0 radical (unpaired) electrons. The van der Waals surface area contributed by atoms with Gasteiger partial charge in [0.25, 0.3) is 0 Å². The van der Waals surface area contributed by atoms with Crippen molar-refractivity contribution < 1.29 is 13.9 Å². The summed E-state index contributed by atoms with van der Waals surface area (Å²) < 4.78 is 18.2. The number of halogens is 1. The van der Waals surface area contributed by atoms with Crippen molar-refractivity contribution in [3.8, 4) is 5.75 Å². The highest BCUT2D eigenvalue weighted by Gasteiger charge is 2.06. The first-order valence-electron chi connectivity index (χ1n) is 4.28. The van der Waals surface area contributed by atoms with E-state index in [-0.39, 0.29) is 18.1 Å². The van der Waals surface area contributed by atoms with Gasteiger partial charge in [0.05, 0.1) is 0 Å². The lowest BCUT2D eigenvalue weighted by Crippen LogP contribution is -2.11. The minimum atomic E-state index is -0.536. The average molecular weight is 197 g/mol. The van der Waals surface area contributed by atoms with E-state index >= 15 is 0 Å². The fourth-order valence-corrected chi connectivity index (χ4v) is 1.01. The number of Topliss-reactive ketones (excluding diaryl/α,β-unsaturated/α-hetero) is 1.